The summed E-state index contributed by atoms with van der Waals surface area (Å²) in [6.07, 6.45) is 0. The summed E-state index contributed by atoms with van der Waals surface area (Å²) < 4.78 is 0. The first kappa shape index (κ1) is 11.6. The second-order valence-electron chi connectivity index (χ2n) is 3.08. The van der Waals surface area contributed by atoms with Gasteiger partial charge in [-0.1, -0.05) is 48.0 Å². The number of hydrogen-bond donors (Lipinski definition) is 1. The molecule has 0 saturated carbocycles. The minimum atomic E-state index is 0.368. The molecule has 0 bridgehead atoms. The number of aryl methyl sites for hydroxylation is 1. The first-order chi connectivity index (χ1) is 7.20. The smallest absolute Gasteiger partial charge is 0.118 e. The second kappa shape index (κ2) is 6.10. The molecule has 0 fully saturated rings. The van der Waals surface area contributed by atoms with Crippen LogP contribution in [0.3, 0.4) is 0 Å². The van der Waals surface area contributed by atoms with Crippen molar-refractivity contribution in [2.75, 3.05) is 0 Å². The number of rotatable bonds is 0. The zero-order chi connectivity index (χ0) is 11.1. The SMILES string of the molecule is Cc1ccccc1O.Clc1ccccc1. The van der Waals surface area contributed by atoms with Gasteiger partial charge in [0.15, 0.2) is 0 Å². The van der Waals surface area contributed by atoms with Gasteiger partial charge in [0.05, 0.1) is 0 Å². The maximum Gasteiger partial charge on any atom is 0.118 e. The molecular weight excluding hydrogens is 208 g/mol. The monoisotopic (exact) mass is 220 g/mol. The minimum absolute atomic E-state index is 0.368. The molecule has 0 radical (unpaired) electrons. The van der Waals surface area contributed by atoms with Crippen molar-refractivity contribution in [2.45, 2.75) is 6.92 Å². The lowest BCUT2D eigenvalue weighted by Gasteiger charge is -1.92. The van der Waals surface area contributed by atoms with Gasteiger partial charge in [0.2, 0.25) is 0 Å². The third-order valence-electron chi connectivity index (χ3n) is 1.85. The normalized spacial score (nSPS) is 8.93. The van der Waals surface area contributed by atoms with Crippen molar-refractivity contribution >= 4 is 11.6 Å². The van der Waals surface area contributed by atoms with E-state index in [1.165, 1.54) is 0 Å². The molecule has 0 heterocycles. The maximum absolute atomic E-state index is 8.92. The van der Waals surface area contributed by atoms with Crippen molar-refractivity contribution in [2.24, 2.45) is 0 Å². The predicted octanol–water partition coefficient (Wildman–Crippen LogP) is 4.04. The van der Waals surface area contributed by atoms with Crippen LogP contribution in [0.2, 0.25) is 5.02 Å². The number of halogens is 1. The van der Waals surface area contributed by atoms with Gasteiger partial charge in [-0.2, -0.15) is 0 Å². The highest BCUT2D eigenvalue weighted by Gasteiger charge is 1.87. The number of para-hydroxylation sites is 1. The Labute approximate surface area is 95.0 Å². The topological polar surface area (TPSA) is 20.2 Å². The molecule has 1 N–H and O–H groups in total. The summed E-state index contributed by atoms with van der Waals surface area (Å²) in [5.41, 5.74) is 0.924. The zero-order valence-corrected chi connectivity index (χ0v) is 9.28. The number of phenols is 1. The van der Waals surface area contributed by atoms with E-state index >= 15 is 0 Å². The third-order valence-corrected chi connectivity index (χ3v) is 2.10. The quantitative estimate of drug-likeness (QED) is 0.711. The fourth-order valence-corrected chi connectivity index (χ4v) is 1.12. The van der Waals surface area contributed by atoms with E-state index in [2.05, 4.69) is 0 Å². The molecule has 15 heavy (non-hydrogen) atoms. The van der Waals surface area contributed by atoms with Crippen LogP contribution >= 0.6 is 11.6 Å². The highest BCUT2D eigenvalue weighted by atomic mass is 35.5. The van der Waals surface area contributed by atoms with E-state index in [4.69, 9.17) is 16.7 Å². The van der Waals surface area contributed by atoms with E-state index in [1.54, 1.807) is 6.07 Å². The van der Waals surface area contributed by atoms with Crippen LogP contribution in [-0.2, 0) is 0 Å². The van der Waals surface area contributed by atoms with Crippen molar-refractivity contribution in [3.8, 4) is 5.75 Å². The Kier molecular flexibility index (Phi) is 4.72. The molecule has 0 unspecified atom stereocenters. The molecule has 0 aliphatic rings. The summed E-state index contributed by atoms with van der Waals surface area (Å²) in [5.74, 6) is 0.368. The summed E-state index contributed by atoms with van der Waals surface area (Å²) in [7, 11) is 0. The average molecular weight is 221 g/mol. The van der Waals surface area contributed by atoms with Crippen LogP contribution in [0.1, 0.15) is 5.56 Å². The fraction of sp³-hybridized carbons (Fsp3) is 0.0769. The minimum Gasteiger partial charge on any atom is -0.508 e. The molecule has 0 aliphatic carbocycles. The first-order valence-electron chi connectivity index (χ1n) is 4.65. The van der Waals surface area contributed by atoms with Gasteiger partial charge in [-0.05, 0) is 30.7 Å². The van der Waals surface area contributed by atoms with Gasteiger partial charge in [-0.25, -0.2) is 0 Å². The van der Waals surface area contributed by atoms with Crippen LogP contribution < -0.4 is 0 Å². The standard InChI is InChI=1S/C7H8O.C6H5Cl/c1-6-4-2-3-5-7(6)8;7-6-4-2-1-3-5-6/h2-5,8H,1H3;1-5H. The van der Waals surface area contributed by atoms with E-state index in [9.17, 15) is 0 Å². The lowest BCUT2D eigenvalue weighted by atomic mass is 10.2. The largest absolute Gasteiger partial charge is 0.508 e. The molecule has 2 rings (SSSR count). The summed E-state index contributed by atoms with van der Waals surface area (Å²) in [5, 5.41) is 9.71. The predicted molar refractivity (Wildman–Crippen MR) is 64.3 cm³/mol. The third kappa shape index (κ3) is 4.52. The Morgan fingerprint density at radius 1 is 0.867 bits per heavy atom. The molecule has 78 valence electrons. The molecule has 0 atom stereocenters. The molecule has 0 saturated heterocycles. The van der Waals surface area contributed by atoms with Crippen LogP contribution in [0.5, 0.6) is 5.75 Å². The fourth-order valence-electron chi connectivity index (χ4n) is 0.978. The number of aromatic hydroxyl groups is 1. The highest BCUT2D eigenvalue weighted by Crippen LogP contribution is 2.12. The molecular formula is C13H13ClO. The Hall–Kier alpha value is -1.47. The summed E-state index contributed by atoms with van der Waals surface area (Å²) >= 11 is 5.54. The molecule has 0 amide bonds. The van der Waals surface area contributed by atoms with E-state index in [1.807, 2.05) is 55.5 Å². The number of phenolic OH excluding ortho intramolecular Hbond substituents is 1. The second-order valence-corrected chi connectivity index (χ2v) is 3.52. The Morgan fingerprint density at radius 2 is 1.40 bits per heavy atom. The van der Waals surface area contributed by atoms with Crippen molar-refractivity contribution < 1.29 is 5.11 Å². The number of benzene rings is 2. The highest BCUT2D eigenvalue weighted by molar-refractivity contribution is 6.30. The Bertz CT molecular complexity index is 377. The summed E-state index contributed by atoms with van der Waals surface area (Å²) in [6, 6.07) is 16.7. The van der Waals surface area contributed by atoms with Gasteiger partial charge in [0.25, 0.3) is 0 Å². The molecule has 2 aromatic rings. The lowest BCUT2D eigenvalue weighted by molar-refractivity contribution is 0.471. The Balaban J connectivity index is 0.000000151. The molecule has 0 aromatic heterocycles. The molecule has 2 aromatic carbocycles. The van der Waals surface area contributed by atoms with Gasteiger partial charge in [-0.3, -0.25) is 0 Å². The molecule has 0 aliphatic heterocycles. The van der Waals surface area contributed by atoms with Crippen molar-refractivity contribution in [3.05, 3.63) is 65.2 Å². The molecule has 0 spiro atoms. The van der Waals surface area contributed by atoms with Crippen LogP contribution in [0.15, 0.2) is 54.6 Å². The van der Waals surface area contributed by atoms with Crippen LogP contribution in [0, 0.1) is 6.92 Å². The van der Waals surface area contributed by atoms with Crippen LogP contribution in [0.4, 0.5) is 0 Å². The van der Waals surface area contributed by atoms with Gasteiger partial charge < -0.3 is 5.11 Å². The van der Waals surface area contributed by atoms with Crippen LogP contribution in [0.25, 0.3) is 0 Å². The van der Waals surface area contributed by atoms with Crippen molar-refractivity contribution in [1.82, 2.24) is 0 Å². The van der Waals surface area contributed by atoms with Crippen molar-refractivity contribution in [3.63, 3.8) is 0 Å². The zero-order valence-electron chi connectivity index (χ0n) is 8.52. The first-order valence-corrected chi connectivity index (χ1v) is 5.03. The lowest BCUT2D eigenvalue weighted by Crippen LogP contribution is -1.68. The number of hydrogen-bond acceptors (Lipinski definition) is 1. The maximum atomic E-state index is 8.92. The van der Waals surface area contributed by atoms with Crippen molar-refractivity contribution in [1.29, 1.82) is 0 Å². The van der Waals surface area contributed by atoms with Gasteiger partial charge in [0, 0.05) is 5.02 Å². The van der Waals surface area contributed by atoms with Crippen LogP contribution in [-0.4, -0.2) is 5.11 Å². The van der Waals surface area contributed by atoms with E-state index in [0.29, 0.717) is 5.75 Å². The van der Waals surface area contributed by atoms with E-state index in [-0.39, 0.29) is 0 Å². The van der Waals surface area contributed by atoms with E-state index in [0.717, 1.165) is 10.6 Å². The molecule has 1 nitrogen and oxygen atoms in total. The van der Waals surface area contributed by atoms with Gasteiger partial charge in [0.1, 0.15) is 5.75 Å². The Morgan fingerprint density at radius 3 is 1.73 bits per heavy atom. The van der Waals surface area contributed by atoms with E-state index < -0.39 is 0 Å². The molecule has 2 heteroatoms. The summed E-state index contributed by atoms with van der Waals surface area (Å²) in [6.45, 7) is 1.87. The van der Waals surface area contributed by atoms with Gasteiger partial charge in [-0.15, -0.1) is 0 Å². The average Bonchev–Trinajstić information content (AvgIpc) is 2.25. The summed E-state index contributed by atoms with van der Waals surface area (Å²) in [4.78, 5) is 0. The van der Waals surface area contributed by atoms with Gasteiger partial charge >= 0.3 is 0 Å².